The Balaban J connectivity index is 0.000000342. The van der Waals surface area contributed by atoms with Gasteiger partial charge in [-0.2, -0.15) is 0 Å². The zero-order valence-corrected chi connectivity index (χ0v) is 21.2. The molecule has 0 bridgehead atoms. The Morgan fingerprint density at radius 1 is 0.842 bits per heavy atom. The average molecular weight is 542 g/mol. The second-order valence-corrected chi connectivity index (χ2v) is 9.15. The maximum Gasteiger partial charge on any atom is 0.335 e. The molecule has 1 aliphatic rings. The van der Waals surface area contributed by atoms with Gasteiger partial charge in [0.1, 0.15) is 0 Å². The Kier molecular flexibility index (Phi) is 9.43. The van der Waals surface area contributed by atoms with Crippen LogP contribution in [-0.4, -0.2) is 75.5 Å². The van der Waals surface area contributed by atoms with Gasteiger partial charge in [0.15, 0.2) is 12.2 Å². The van der Waals surface area contributed by atoms with E-state index in [2.05, 4.69) is 47.2 Å². The van der Waals surface area contributed by atoms with Gasteiger partial charge in [-0.3, -0.25) is 4.79 Å². The third-order valence-corrected chi connectivity index (χ3v) is 6.21. The fraction of sp³-hybridized carbons (Fsp3) is 0.222. The molecular formula is C27H28ClN3O7. The van der Waals surface area contributed by atoms with E-state index in [1.807, 2.05) is 24.3 Å². The summed E-state index contributed by atoms with van der Waals surface area (Å²) in [6, 6.07) is 22.0. The summed E-state index contributed by atoms with van der Waals surface area (Å²) in [6.07, 6.45) is -4.53. The number of amides is 1. The summed E-state index contributed by atoms with van der Waals surface area (Å²) in [5, 5.41) is 33.3. The van der Waals surface area contributed by atoms with Crippen molar-refractivity contribution in [3.8, 4) is 11.1 Å². The molecule has 0 aliphatic carbocycles. The maximum absolute atomic E-state index is 11.3. The van der Waals surface area contributed by atoms with Crippen molar-refractivity contribution < 1.29 is 34.8 Å². The normalized spacial score (nSPS) is 14.8. The lowest BCUT2D eigenvalue weighted by molar-refractivity contribution is -0.165. The van der Waals surface area contributed by atoms with Gasteiger partial charge in [-0.15, -0.1) is 0 Å². The van der Waals surface area contributed by atoms with Gasteiger partial charge >= 0.3 is 11.9 Å². The molecule has 2 atom stereocenters. The van der Waals surface area contributed by atoms with Crippen LogP contribution in [0, 0.1) is 0 Å². The SMILES string of the molecule is CN1CCN(c2ccc(Cl)cc2)c2ccc(-c3ccc(C(N)=O)cc3)cc2C1.O=C(O)[C@H](O)[C@@H](O)C(=O)O. The second-order valence-electron chi connectivity index (χ2n) is 8.72. The quantitative estimate of drug-likeness (QED) is 0.315. The van der Waals surface area contributed by atoms with Crippen LogP contribution in [0.4, 0.5) is 11.4 Å². The van der Waals surface area contributed by atoms with Gasteiger partial charge in [-0.05, 0) is 72.3 Å². The zero-order valence-electron chi connectivity index (χ0n) is 20.5. The van der Waals surface area contributed by atoms with Crippen LogP contribution in [0.2, 0.25) is 5.02 Å². The highest BCUT2D eigenvalue weighted by Gasteiger charge is 2.29. The fourth-order valence-electron chi connectivity index (χ4n) is 3.90. The number of hydrogen-bond acceptors (Lipinski definition) is 7. The molecule has 1 amide bonds. The molecule has 1 aliphatic heterocycles. The van der Waals surface area contributed by atoms with Gasteiger partial charge in [0.2, 0.25) is 5.91 Å². The van der Waals surface area contributed by atoms with E-state index in [0.717, 1.165) is 41.5 Å². The topological polar surface area (TPSA) is 165 Å². The lowest BCUT2D eigenvalue weighted by Crippen LogP contribution is -2.39. The van der Waals surface area contributed by atoms with Gasteiger partial charge in [-0.25, -0.2) is 9.59 Å². The first-order chi connectivity index (χ1) is 18.0. The molecule has 11 heteroatoms. The predicted octanol–water partition coefficient (Wildman–Crippen LogP) is 2.57. The molecule has 0 fully saturated rings. The minimum Gasteiger partial charge on any atom is -0.479 e. The molecule has 0 unspecified atom stereocenters. The number of carbonyl (C=O) groups excluding carboxylic acids is 1. The van der Waals surface area contributed by atoms with Crippen LogP contribution < -0.4 is 10.6 Å². The highest BCUT2D eigenvalue weighted by molar-refractivity contribution is 6.30. The van der Waals surface area contributed by atoms with Gasteiger partial charge in [0.05, 0.1) is 0 Å². The molecule has 0 spiro atoms. The molecule has 0 radical (unpaired) electrons. The van der Waals surface area contributed by atoms with Crippen molar-refractivity contribution >= 4 is 40.8 Å². The number of carboxylic acid groups (broad SMARTS) is 2. The van der Waals surface area contributed by atoms with Crippen molar-refractivity contribution in [2.45, 2.75) is 18.8 Å². The van der Waals surface area contributed by atoms with Crippen LogP contribution in [0.3, 0.4) is 0 Å². The second kappa shape index (κ2) is 12.5. The van der Waals surface area contributed by atoms with E-state index >= 15 is 0 Å². The number of halogens is 1. The van der Waals surface area contributed by atoms with Crippen molar-refractivity contribution in [1.82, 2.24) is 4.90 Å². The lowest BCUT2D eigenvalue weighted by atomic mass is 10.00. The Bertz CT molecular complexity index is 1280. The third kappa shape index (κ3) is 7.08. The minimum atomic E-state index is -2.27. The summed E-state index contributed by atoms with van der Waals surface area (Å²) < 4.78 is 0. The Labute approximate surface area is 224 Å². The number of likely N-dealkylation sites (N-methyl/N-ethyl adjacent to an activating group) is 1. The van der Waals surface area contributed by atoms with Crippen molar-refractivity contribution in [2.24, 2.45) is 5.73 Å². The number of aliphatic hydroxyl groups is 2. The number of rotatable bonds is 6. The molecule has 4 rings (SSSR count). The molecule has 3 aromatic rings. The average Bonchev–Trinajstić information content (AvgIpc) is 3.06. The van der Waals surface area contributed by atoms with Crippen LogP contribution >= 0.6 is 11.6 Å². The van der Waals surface area contributed by atoms with Crippen LogP contribution in [0.1, 0.15) is 15.9 Å². The Morgan fingerprint density at radius 3 is 1.92 bits per heavy atom. The molecular weight excluding hydrogens is 514 g/mol. The maximum atomic E-state index is 11.3. The highest BCUT2D eigenvalue weighted by Crippen LogP contribution is 2.35. The number of anilines is 2. The molecule has 6 N–H and O–H groups in total. The summed E-state index contributed by atoms with van der Waals surface area (Å²) in [7, 11) is 2.14. The molecule has 0 aromatic heterocycles. The zero-order chi connectivity index (χ0) is 28.0. The highest BCUT2D eigenvalue weighted by atomic mass is 35.5. The van der Waals surface area contributed by atoms with E-state index in [0.29, 0.717) is 5.56 Å². The van der Waals surface area contributed by atoms with Crippen LogP contribution in [0.15, 0.2) is 66.7 Å². The van der Waals surface area contributed by atoms with Crippen molar-refractivity contribution in [3.63, 3.8) is 0 Å². The number of carboxylic acids is 2. The summed E-state index contributed by atoms with van der Waals surface area (Å²) in [5.74, 6) is -3.95. The van der Waals surface area contributed by atoms with Gasteiger partial charge in [0.25, 0.3) is 0 Å². The smallest absolute Gasteiger partial charge is 0.335 e. The Morgan fingerprint density at radius 2 is 1.39 bits per heavy atom. The molecule has 1 heterocycles. The number of benzene rings is 3. The fourth-order valence-corrected chi connectivity index (χ4v) is 4.03. The summed E-state index contributed by atoms with van der Waals surface area (Å²) in [6.45, 7) is 2.77. The van der Waals surface area contributed by atoms with Crippen molar-refractivity contribution in [1.29, 1.82) is 0 Å². The van der Waals surface area contributed by atoms with Gasteiger partial charge in [0, 0.05) is 41.6 Å². The largest absolute Gasteiger partial charge is 0.479 e. The number of nitrogens with zero attached hydrogens (tertiary/aromatic N) is 2. The number of fused-ring (bicyclic) bond motifs is 1. The van der Waals surface area contributed by atoms with Crippen molar-refractivity contribution in [2.75, 3.05) is 25.0 Å². The molecule has 38 heavy (non-hydrogen) atoms. The molecule has 0 saturated carbocycles. The first-order valence-corrected chi connectivity index (χ1v) is 11.9. The van der Waals surface area contributed by atoms with E-state index in [-0.39, 0.29) is 0 Å². The van der Waals surface area contributed by atoms with Crippen LogP contribution in [-0.2, 0) is 16.1 Å². The molecule has 200 valence electrons. The number of nitrogens with two attached hydrogens (primary N) is 1. The number of aliphatic hydroxyl groups excluding tert-OH is 2. The monoisotopic (exact) mass is 541 g/mol. The first kappa shape index (κ1) is 28.6. The van der Waals surface area contributed by atoms with E-state index < -0.39 is 30.1 Å². The van der Waals surface area contributed by atoms with E-state index in [1.165, 1.54) is 11.3 Å². The van der Waals surface area contributed by atoms with Crippen LogP contribution in [0.5, 0.6) is 0 Å². The van der Waals surface area contributed by atoms with Crippen LogP contribution in [0.25, 0.3) is 11.1 Å². The summed E-state index contributed by atoms with van der Waals surface area (Å²) in [4.78, 5) is 35.5. The van der Waals surface area contributed by atoms with Crippen molar-refractivity contribution in [3.05, 3.63) is 82.9 Å². The Hall–Kier alpha value is -3.96. The number of carbonyl (C=O) groups is 3. The third-order valence-electron chi connectivity index (χ3n) is 5.96. The van der Waals surface area contributed by atoms with Gasteiger partial charge in [-0.1, -0.05) is 29.8 Å². The van der Waals surface area contributed by atoms with E-state index in [9.17, 15) is 14.4 Å². The minimum absolute atomic E-state index is 0.409. The molecule has 3 aromatic carbocycles. The molecule has 10 nitrogen and oxygen atoms in total. The molecule has 0 saturated heterocycles. The van der Waals surface area contributed by atoms with Gasteiger partial charge < -0.3 is 36.0 Å². The number of aliphatic carboxylic acids is 2. The standard InChI is InChI=1S/C23H22ClN3O.C4H6O6/c1-26-12-13-27(21-9-7-20(24)8-10-21)22-11-6-18(14-19(22)15-26)16-2-4-17(5-3-16)23(25)28;5-1(3(7)8)2(6)4(9)10/h2-11,14H,12-13,15H2,1H3,(H2,25,28);1-2,5-6H,(H,7,8)(H,9,10)/t;1-,2-/m.1/s1. The summed E-state index contributed by atoms with van der Waals surface area (Å²) >= 11 is 6.07. The number of primary amides is 1. The first-order valence-electron chi connectivity index (χ1n) is 11.5. The van der Waals surface area contributed by atoms with E-state index in [4.69, 9.17) is 37.8 Å². The summed E-state index contributed by atoms with van der Waals surface area (Å²) in [5.41, 5.74) is 11.7. The lowest BCUT2D eigenvalue weighted by Gasteiger charge is -2.25. The van der Waals surface area contributed by atoms with E-state index in [1.54, 1.807) is 12.1 Å². The predicted molar refractivity (Wildman–Crippen MR) is 142 cm³/mol. The number of hydrogen-bond donors (Lipinski definition) is 5.